The van der Waals surface area contributed by atoms with Gasteiger partial charge in [-0.25, -0.2) is 19.6 Å². The van der Waals surface area contributed by atoms with E-state index in [1.54, 1.807) is 37.3 Å². The summed E-state index contributed by atoms with van der Waals surface area (Å²) >= 11 is 0. The summed E-state index contributed by atoms with van der Waals surface area (Å²) in [6, 6.07) is 14.3. The maximum absolute atomic E-state index is 12.1. The fraction of sp³-hybridized carbons (Fsp3) is 0.238. The van der Waals surface area contributed by atoms with Crippen molar-refractivity contribution >= 4 is 34.3 Å². The second-order valence-electron chi connectivity index (χ2n) is 5.98. The highest BCUT2D eigenvalue weighted by Crippen LogP contribution is 2.24. The Kier molecular flexibility index (Phi) is 6.16. The molecule has 7 nitrogen and oxygen atoms in total. The summed E-state index contributed by atoms with van der Waals surface area (Å²) in [7, 11) is 0. The molecule has 0 aliphatic rings. The van der Waals surface area contributed by atoms with Crippen LogP contribution < -0.4 is 5.32 Å². The molecule has 0 aliphatic carbocycles. The van der Waals surface area contributed by atoms with Gasteiger partial charge in [0.2, 0.25) is 5.82 Å². The molecule has 2 aromatic carbocycles. The van der Waals surface area contributed by atoms with Gasteiger partial charge in [0.1, 0.15) is 5.82 Å². The van der Waals surface area contributed by atoms with Gasteiger partial charge < -0.3 is 14.8 Å². The van der Waals surface area contributed by atoms with Crippen LogP contribution in [0.4, 0.5) is 11.5 Å². The van der Waals surface area contributed by atoms with Crippen molar-refractivity contribution in [1.29, 1.82) is 0 Å². The van der Waals surface area contributed by atoms with Gasteiger partial charge in [0.05, 0.1) is 24.3 Å². The number of benzene rings is 2. The molecule has 1 N–H and O–H groups in total. The highest BCUT2D eigenvalue weighted by atomic mass is 16.5. The lowest BCUT2D eigenvalue weighted by Crippen LogP contribution is -2.11. The fourth-order valence-corrected chi connectivity index (χ4v) is 2.60. The molecule has 3 rings (SSSR count). The lowest BCUT2D eigenvalue weighted by molar-refractivity contribution is 0.0499. The van der Waals surface area contributed by atoms with Crippen molar-refractivity contribution in [1.82, 2.24) is 9.97 Å². The van der Waals surface area contributed by atoms with Crippen LogP contribution in [-0.2, 0) is 9.47 Å². The number of nitrogens with one attached hydrogen (secondary N) is 1. The topological polar surface area (TPSA) is 90.4 Å². The number of nitrogens with zero attached hydrogens (tertiary/aromatic N) is 2. The average molecular weight is 379 g/mol. The zero-order chi connectivity index (χ0) is 19.9. The highest BCUT2D eigenvalue weighted by Gasteiger charge is 2.15. The summed E-state index contributed by atoms with van der Waals surface area (Å²) in [6.45, 7) is 4.27. The molecule has 144 valence electrons. The third-order valence-electron chi connectivity index (χ3n) is 3.86. The van der Waals surface area contributed by atoms with Crippen LogP contribution in [0.1, 0.15) is 41.2 Å². The number of rotatable bonds is 7. The Morgan fingerprint density at radius 3 is 2.57 bits per heavy atom. The van der Waals surface area contributed by atoms with E-state index >= 15 is 0 Å². The van der Waals surface area contributed by atoms with Crippen LogP contribution >= 0.6 is 0 Å². The van der Waals surface area contributed by atoms with E-state index in [1.807, 2.05) is 25.1 Å². The minimum Gasteiger partial charge on any atom is -0.462 e. The monoisotopic (exact) mass is 379 g/mol. The van der Waals surface area contributed by atoms with Crippen molar-refractivity contribution in [3.63, 3.8) is 0 Å². The van der Waals surface area contributed by atoms with E-state index in [4.69, 9.17) is 9.47 Å². The molecule has 0 amide bonds. The number of fused-ring (bicyclic) bond motifs is 1. The molecule has 0 spiro atoms. The largest absolute Gasteiger partial charge is 0.462 e. The number of aromatic nitrogens is 2. The quantitative estimate of drug-likeness (QED) is 0.618. The number of carbonyl (C=O) groups is 2. The van der Waals surface area contributed by atoms with Gasteiger partial charge in [0, 0.05) is 11.1 Å². The van der Waals surface area contributed by atoms with Crippen LogP contribution in [0.5, 0.6) is 0 Å². The van der Waals surface area contributed by atoms with E-state index in [-0.39, 0.29) is 18.4 Å². The second-order valence-corrected chi connectivity index (χ2v) is 5.98. The van der Waals surface area contributed by atoms with Gasteiger partial charge in [-0.05, 0) is 43.7 Å². The van der Waals surface area contributed by atoms with Gasteiger partial charge in [-0.2, -0.15) is 0 Å². The van der Waals surface area contributed by atoms with Crippen molar-refractivity contribution < 1.29 is 19.1 Å². The lowest BCUT2D eigenvalue weighted by Gasteiger charge is -2.11. The molecule has 0 unspecified atom stereocenters. The molecule has 1 heterocycles. The standard InChI is InChI=1S/C21H21N3O4/c1-3-12-28-20(25)14-8-7-9-15(13-14)22-18-16-10-5-6-11-17(16)23-19(24-18)21(26)27-4-2/h5-11,13H,3-4,12H2,1-2H3,(H,22,23,24). The molecule has 0 saturated heterocycles. The van der Waals surface area contributed by atoms with Crippen LogP contribution in [0.3, 0.4) is 0 Å². The van der Waals surface area contributed by atoms with E-state index in [2.05, 4.69) is 15.3 Å². The van der Waals surface area contributed by atoms with E-state index in [0.29, 0.717) is 29.2 Å². The molecular formula is C21H21N3O4. The Balaban J connectivity index is 1.95. The first-order valence-corrected chi connectivity index (χ1v) is 9.10. The van der Waals surface area contributed by atoms with E-state index in [0.717, 1.165) is 11.8 Å². The SMILES string of the molecule is CCCOC(=O)c1cccc(Nc2nc(C(=O)OCC)nc3ccccc23)c1. The molecule has 0 atom stereocenters. The first-order valence-electron chi connectivity index (χ1n) is 9.10. The maximum atomic E-state index is 12.1. The summed E-state index contributed by atoms with van der Waals surface area (Å²) < 4.78 is 10.2. The van der Waals surface area contributed by atoms with Gasteiger partial charge in [-0.15, -0.1) is 0 Å². The number of para-hydroxylation sites is 1. The van der Waals surface area contributed by atoms with Crippen LogP contribution in [0.2, 0.25) is 0 Å². The van der Waals surface area contributed by atoms with E-state index in [1.165, 1.54) is 0 Å². The summed E-state index contributed by atoms with van der Waals surface area (Å²) in [4.78, 5) is 32.8. The zero-order valence-electron chi connectivity index (χ0n) is 15.8. The van der Waals surface area contributed by atoms with E-state index in [9.17, 15) is 9.59 Å². The Labute approximate surface area is 162 Å². The predicted molar refractivity (Wildman–Crippen MR) is 106 cm³/mol. The Morgan fingerprint density at radius 1 is 0.964 bits per heavy atom. The van der Waals surface area contributed by atoms with Gasteiger partial charge >= 0.3 is 11.9 Å². The van der Waals surface area contributed by atoms with Crippen molar-refractivity contribution in [2.75, 3.05) is 18.5 Å². The molecule has 0 fully saturated rings. The normalized spacial score (nSPS) is 10.5. The zero-order valence-corrected chi connectivity index (χ0v) is 15.8. The summed E-state index contributed by atoms with van der Waals surface area (Å²) in [5, 5.41) is 3.91. The number of carbonyl (C=O) groups excluding carboxylic acids is 2. The number of esters is 2. The van der Waals surface area contributed by atoms with Crippen molar-refractivity contribution in [2.24, 2.45) is 0 Å². The van der Waals surface area contributed by atoms with Crippen LogP contribution in [0.25, 0.3) is 10.9 Å². The minimum atomic E-state index is -0.590. The third-order valence-corrected chi connectivity index (χ3v) is 3.86. The first kappa shape index (κ1) is 19.3. The Morgan fingerprint density at radius 2 is 1.79 bits per heavy atom. The van der Waals surface area contributed by atoms with E-state index < -0.39 is 5.97 Å². The number of ether oxygens (including phenoxy) is 2. The molecule has 0 radical (unpaired) electrons. The molecule has 1 aromatic heterocycles. The van der Waals surface area contributed by atoms with Crippen LogP contribution in [0, 0.1) is 0 Å². The number of anilines is 2. The fourth-order valence-electron chi connectivity index (χ4n) is 2.60. The highest BCUT2D eigenvalue weighted by molar-refractivity contribution is 5.96. The lowest BCUT2D eigenvalue weighted by atomic mass is 10.2. The van der Waals surface area contributed by atoms with Gasteiger partial charge in [-0.3, -0.25) is 0 Å². The summed E-state index contributed by atoms with van der Waals surface area (Å²) in [6.07, 6.45) is 0.757. The third kappa shape index (κ3) is 4.43. The summed E-state index contributed by atoms with van der Waals surface area (Å²) in [5.41, 5.74) is 1.69. The van der Waals surface area contributed by atoms with Crippen molar-refractivity contribution in [3.05, 3.63) is 59.9 Å². The van der Waals surface area contributed by atoms with Gasteiger partial charge in [0.25, 0.3) is 0 Å². The Bertz CT molecular complexity index is 1000. The second kappa shape index (κ2) is 8.94. The molecule has 7 heteroatoms. The molecule has 0 saturated carbocycles. The van der Waals surface area contributed by atoms with Crippen LogP contribution in [0.15, 0.2) is 48.5 Å². The number of hydrogen-bond donors (Lipinski definition) is 1. The van der Waals surface area contributed by atoms with Gasteiger partial charge in [0.15, 0.2) is 0 Å². The average Bonchev–Trinajstić information content (AvgIpc) is 2.72. The number of hydrogen-bond acceptors (Lipinski definition) is 7. The molecule has 3 aromatic rings. The minimum absolute atomic E-state index is 0.0263. The van der Waals surface area contributed by atoms with Crippen LogP contribution in [-0.4, -0.2) is 35.1 Å². The van der Waals surface area contributed by atoms with Crippen molar-refractivity contribution in [2.45, 2.75) is 20.3 Å². The van der Waals surface area contributed by atoms with Crippen molar-refractivity contribution in [3.8, 4) is 0 Å². The molecule has 28 heavy (non-hydrogen) atoms. The molecule has 0 aliphatic heterocycles. The molecule has 0 bridgehead atoms. The van der Waals surface area contributed by atoms with Gasteiger partial charge in [-0.1, -0.05) is 25.1 Å². The summed E-state index contributed by atoms with van der Waals surface area (Å²) in [5.74, 6) is -0.548. The smallest absolute Gasteiger partial charge is 0.376 e. The Hall–Kier alpha value is -3.48. The first-order chi connectivity index (χ1) is 13.6. The maximum Gasteiger partial charge on any atom is 0.376 e. The predicted octanol–water partition coefficient (Wildman–Crippen LogP) is 4.12. The molecular weight excluding hydrogens is 358 g/mol.